The number of fused-ring (bicyclic) bond motifs is 1. The predicted octanol–water partition coefficient (Wildman–Crippen LogP) is 4.12. The average Bonchev–Trinajstić information content (AvgIpc) is 3.47. The molecule has 1 aliphatic rings. The molecule has 1 unspecified atom stereocenters. The Morgan fingerprint density at radius 3 is 2.62 bits per heavy atom. The van der Waals surface area contributed by atoms with E-state index in [1.54, 1.807) is 36.1 Å². The Morgan fingerprint density at radius 1 is 1.03 bits per heavy atom. The van der Waals surface area contributed by atoms with Gasteiger partial charge in [0.15, 0.2) is 11.5 Å². The van der Waals surface area contributed by atoms with Crippen molar-refractivity contribution in [3.63, 3.8) is 0 Å². The van der Waals surface area contributed by atoms with Gasteiger partial charge in [0.25, 0.3) is 15.9 Å². The normalized spacial score (nSPS) is 16.2. The molecule has 1 N–H and O–H groups in total. The smallest absolute Gasteiger partial charge is 0.262 e. The summed E-state index contributed by atoms with van der Waals surface area (Å²) in [6.45, 7) is 4.23. The minimum atomic E-state index is -3.87. The lowest BCUT2D eigenvalue weighted by Gasteiger charge is -2.24. The van der Waals surface area contributed by atoms with Gasteiger partial charge in [0.05, 0.1) is 10.9 Å². The first kappa shape index (κ1) is 22.1. The van der Waals surface area contributed by atoms with Crippen molar-refractivity contribution in [1.29, 1.82) is 0 Å². The van der Waals surface area contributed by atoms with Crippen LogP contribution >= 0.6 is 0 Å². The molecule has 2 aromatic carbocycles. The Balaban J connectivity index is 1.45. The molecule has 2 aromatic heterocycles. The molecule has 34 heavy (non-hydrogen) atoms. The van der Waals surface area contributed by atoms with Crippen LogP contribution in [0, 0.1) is 13.8 Å². The number of hydrogen-bond donors (Lipinski definition) is 1. The van der Waals surface area contributed by atoms with Crippen LogP contribution in [0.15, 0.2) is 71.8 Å². The number of carbonyl (C=O) groups excluding carboxylic acids is 1. The molecular weight excluding hydrogens is 450 g/mol. The van der Waals surface area contributed by atoms with E-state index in [9.17, 15) is 13.2 Å². The molecule has 0 aliphatic carbocycles. The summed E-state index contributed by atoms with van der Waals surface area (Å²) >= 11 is 0. The summed E-state index contributed by atoms with van der Waals surface area (Å²) in [6.07, 6.45) is 3.50. The highest BCUT2D eigenvalue weighted by molar-refractivity contribution is 7.92. The van der Waals surface area contributed by atoms with Gasteiger partial charge in [0.1, 0.15) is 0 Å². The van der Waals surface area contributed by atoms with Gasteiger partial charge >= 0.3 is 0 Å². The fraction of sp³-hybridized carbons (Fsp3) is 0.240. The molecule has 4 aromatic rings. The summed E-state index contributed by atoms with van der Waals surface area (Å²) in [6, 6.07) is 17.4. The van der Waals surface area contributed by atoms with E-state index >= 15 is 0 Å². The van der Waals surface area contributed by atoms with E-state index in [0.29, 0.717) is 29.2 Å². The first-order valence-corrected chi connectivity index (χ1v) is 12.6. The Kier molecular flexibility index (Phi) is 5.57. The summed E-state index contributed by atoms with van der Waals surface area (Å²) in [5.74, 6) is 0.490. The topological polar surface area (TPSA) is 96.7 Å². The molecule has 3 heterocycles. The molecule has 1 saturated heterocycles. The summed E-state index contributed by atoms with van der Waals surface area (Å²) in [7, 11) is -3.87. The van der Waals surface area contributed by atoms with Crippen LogP contribution < -0.4 is 4.72 Å². The molecule has 9 heteroatoms. The molecule has 0 bridgehead atoms. The van der Waals surface area contributed by atoms with E-state index in [1.165, 1.54) is 6.07 Å². The molecule has 1 amide bonds. The number of carbonyl (C=O) groups is 1. The Morgan fingerprint density at radius 2 is 1.82 bits per heavy atom. The number of aryl methyl sites for hydroxylation is 2. The highest BCUT2D eigenvalue weighted by atomic mass is 32.2. The second-order valence-electron chi connectivity index (χ2n) is 8.60. The van der Waals surface area contributed by atoms with Crippen LogP contribution in [0.3, 0.4) is 0 Å². The number of pyridine rings is 1. The minimum absolute atomic E-state index is 0.0857. The molecule has 0 saturated carbocycles. The van der Waals surface area contributed by atoms with Gasteiger partial charge in [-0.05, 0) is 68.7 Å². The Labute approximate surface area is 198 Å². The van der Waals surface area contributed by atoms with E-state index in [1.807, 2.05) is 47.9 Å². The maximum Gasteiger partial charge on any atom is 0.262 e. The molecule has 1 fully saturated rings. The lowest BCUT2D eigenvalue weighted by Crippen LogP contribution is -2.31. The number of nitrogens with one attached hydrogen (secondary N) is 1. The molecule has 5 rings (SSSR count). The zero-order chi connectivity index (χ0) is 23.9. The molecule has 8 nitrogen and oxygen atoms in total. The third kappa shape index (κ3) is 4.03. The summed E-state index contributed by atoms with van der Waals surface area (Å²) in [4.78, 5) is 15.4. The van der Waals surface area contributed by atoms with Crippen molar-refractivity contribution in [1.82, 2.24) is 19.5 Å². The quantitative estimate of drug-likeness (QED) is 0.468. The van der Waals surface area contributed by atoms with Crippen LogP contribution in [0.2, 0.25) is 0 Å². The second-order valence-corrected chi connectivity index (χ2v) is 10.2. The van der Waals surface area contributed by atoms with Crippen molar-refractivity contribution in [2.24, 2.45) is 0 Å². The van der Waals surface area contributed by atoms with Crippen LogP contribution in [0.25, 0.3) is 5.65 Å². The number of anilines is 1. The number of sulfonamides is 1. The third-order valence-electron chi connectivity index (χ3n) is 6.18. The van der Waals surface area contributed by atoms with Gasteiger partial charge in [-0.1, -0.05) is 29.8 Å². The van der Waals surface area contributed by atoms with Crippen molar-refractivity contribution in [3.05, 3.63) is 89.4 Å². The second kappa shape index (κ2) is 8.57. The fourth-order valence-electron chi connectivity index (χ4n) is 4.39. The van der Waals surface area contributed by atoms with E-state index in [4.69, 9.17) is 0 Å². The molecule has 0 spiro atoms. The maximum atomic E-state index is 13.5. The Hall–Kier alpha value is -3.72. The van der Waals surface area contributed by atoms with Gasteiger partial charge < -0.3 is 4.90 Å². The van der Waals surface area contributed by atoms with E-state index in [-0.39, 0.29) is 16.8 Å². The van der Waals surface area contributed by atoms with Crippen LogP contribution in [-0.2, 0) is 10.0 Å². The highest BCUT2D eigenvalue weighted by Crippen LogP contribution is 2.33. The predicted molar refractivity (Wildman–Crippen MR) is 129 cm³/mol. The third-order valence-corrected chi connectivity index (χ3v) is 7.70. The van der Waals surface area contributed by atoms with Gasteiger partial charge in [-0.15, -0.1) is 10.2 Å². The minimum Gasteiger partial charge on any atom is -0.328 e. The van der Waals surface area contributed by atoms with E-state index in [2.05, 4.69) is 14.9 Å². The molecule has 0 radical (unpaired) electrons. The van der Waals surface area contributed by atoms with E-state index in [0.717, 1.165) is 24.1 Å². The van der Waals surface area contributed by atoms with Crippen molar-refractivity contribution in [2.75, 3.05) is 11.3 Å². The van der Waals surface area contributed by atoms with Crippen molar-refractivity contribution in [2.45, 2.75) is 37.6 Å². The SMILES string of the molecule is Cc1ccc(NS(=O)(=O)c2cc(C(=O)N3CCCC3c3nnc4ccccn34)ccc2C)cc1. The number of nitrogens with zero attached hydrogens (tertiary/aromatic N) is 4. The van der Waals surface area contributed by atoms with Crippen molar-refractivity contribution >= 4 is 27.3 Å². The molecular formula is C25H25N5O3S. The molecule has 1 aliphatic heterocycles. The van der Waals surface area contributed by atoms with Crippen LogP contribution in [0.1, 0.15) is 46.2 Å². The highest BCUT2D eigenvalue weighted by Gasteiger charge is 2.34. The fourth-order valence-corrected chi connectivity index (χ4v) is 5.72. The van der Waals surface area contributed by atoms with E-state index < -0.39 is 10.0 Å². The van der Waals surface area contributed by atoms with Gasteiger partial charge in [-0.25, -0.2) is 8.42 Å². The number of rotatable bonds is 5. The van der Waals surface area contributed by atoms with Crippen LogP contribution in [0.4, 0.5) is 5.69 Å². The summed E-state index contributed by atoms with van der Waals surface area (Å²) in [5, 5.41) is 8.56. The van der Waals surface area contributed by atoms with Crippen molar-refractivity contribution in [3.8, 4) is 0 Å². The summed E-state index contributed by atoms with van der Waals surface area (Å²) < 4.78 is 30.8. The number of aromatic nitrogens is 3. The Bertz CT molecular complexity index is 1480. The lowest BCUT2D eigenvalue weighted by atomic mass is 10.1. The summed E-state index contributed by atoms with van der Waals surface area (Å²) in [5.41, 5.74) is 3.13. The average molecular weight is 476 g/mol. The standard InChI is InChI=1S/C25H25N5O3S/c1-17-8-12-20(13-9-17)28-34(32,33)22-16-19(11-10-18(22)2)25(31)29-15-5-6-21(29)24-27-26-23-7-3-4-14-30(23)24/h3-4,7-14,16,21,28H,5-6,15H2,1-2H3. The monoisotopic (exact) mass is 475 g/mol. The van der Waals surface area contributed by atoms with Gasteiger partial charge in [0, 0.05) is 24.0 Å². The van der Waals surface area contributed by atoms with Gasteiger partial charge in [-0.2, -0.15) is 0 Å². The maximum absolute atomic E-state index is 13.5. The number of amides is 1. The zero-order valence-corrected chi connectivity index (χ0v) is 19.8. The first-order valence-electron chi connectivity index (χ1n) is 11.1. The van der Waals surface area contributed by atoms with Crippen LogP contribution in [0.5, 0.6) is 0 Å². The lowest BCUT2D eigenvalue weighted by molar-refractivity contribution is 0.0729. The largest absolute Gasteiger partial charge is 0.328 e. The number of likely N-dealkylation sites (tertiary alicyclic amines) is 1. The zero-order valence-electron chi connectivity index (χ0n) is 19.0. The molecule has 174 valence electrons. The van der Waals surface area contributed by atoms with Crippen LogP contribution in [-0.4, -0.2) is 40.4 Å². The first-order chi connectivity index (χ1) is 16.3. The van der Waals surface area contributed by atoms with Gasteiger partial charge in [0.2, 0.25) is 0 Å². The number of benzene rings is 2. The number of hydrogen-bond acceptors (Lipinski definition) is 5. The molecule has 1 atom stereocenters. The van der Waals surface area contributed by atoms with Gasteiger partial charge in [-0.3, -0.25) is 13.9 Å². The van der Waals surface area contributed by atoms with Crippen molar-refractivity contribution < 1.29 is 13.2 Å².